The first kappa shape index (κ1) is 16.5. The topological polar surface area (TPSA) is 59.9 Å². The van der Waals surface area contributed by atoms with E-state index < -0.39 is 0 Å². The molecule has 0 saturated carbocycles. The van der Waals surface area contributed by atoms with Gasteiger partial charge in [0.15, 0.2) is 0 Å². The van der Waals surface area contributed by atoms with E-state index in [9.17, 15) is 0 Å². The fraction of sp³-hybridized carbons (Fsp3) is 0.150. The summed E-state index contributed by atoms with van der Waals surface area (Å²) in [6.07, 6.45) is 0. The molecular weight excluding hydrogens is 348 g/mol. The van der Waals surface area contributed by atoms with Crippen LogP contribution in [-0.2, 0) is 0 Å². The normalized spacial score (nSPS) is 12.3. The van der Waals surface area contributed by atoms with Crippen LogP contribution in [0.15, 0.2) is 54.6 Å². The number of fused-ring (bicyclic) bond motifs is 2. The quantitative estimate of drug-likeness (QED) is 0.515. The average molecular weight is 365 g/mol. The molecule has 6 heteroatoms. The minimum atomic E-state index is -0.0471. The number of hydrogen-bond acceptors (Lipinski definition) is 5. The largest absolute Gasteiger partial charge is 0.467 e. The highest BCUT2D eigenvalue weighted by Crippen LogP contribution is 2.34. The minimum absolute atomic E-state index is 0.0471. The highest BCUT2D eigenvalue weighted by molar-refractivity contribution is 6.28. The van der Waals surface area contributed by atoms with Crippen LogP contribution in [0.3, 0.4) is 0 Å². The Labute approximate surface area is 156 Å². The van der Waals surface area contributed by atoms with Gasteiger partial charge < -0.3 is 10.1 Å². The van der Waals surface area contributed by atoms with Crippen LogP contribution in [0, 0.1) is 0 Å². The van der Waals surface area contributed by atoms with Crippen molar-refractivity contribution in [2.75, 3.05) is 12.4 Å². The van der Waals surface area contributed by atoms with Gasteiger partial charge in [-0.1, -0.05) is 48.5 Å². The van der Waals surface area contributed by atoms with Crippen LogP contribution in [-0.4, -0.2) is 22.1 Å². The molecule has 1 aromatic heterocycles. The number of hydrogen-bond donors (Lipinski definition) is 1. The van der Waals surface area contributed by atoms with E-state index in [-0.39, 0.29) is 17.3 Å². The molecule has 0 bridgehead atoms. The molecule has 1 unspecified atom stereocenters. The Morgan fingerprint density at radius 2 is 1.54 bits per heavy atom. The number of aromatic nitrogens is 3. The maximum Gasteiger partial charge on any atom is 0.322 e. The number of methoxy groups -OCH3 is 1. The van der Waals surface area contributed by atoms with Gasteiger partial charge in [-0.3, -0.25) is 0 Å². The Hall–Kier alpha value is -2.92. The lowest BCUT2D eigenvalue weighted by Gasteiger charge is -2.19. The summed E-state index contributed by atoms with van der Waals surface area (Å²) < 4.78 is 5.08. The number of benzene rings is 3. The van der Waals surface area contributed by atoms with Gasteiger partial charge in [-0.25, -0.2) is 0 Å². The standard InChI is InChI=1S/C20H17ClN4O/c1-12(22-19-23-18(21)24-20(25-19)26-2)17-15-9-5-3-7-13(15)11-14-8-4-6-10-16(14)17/h3-12H,1-2H3,(H,22,23,24,25). The van der Waals surface area contributed by atoms with E-state index in [1.54, 1.807) is 0 Å². The Morgan fingerprint density at radius 1 is 0.923 bits per heavy atom. The highest BCUT2D eigenvalue weighted by atomic mass is 35.5. The van der Waals surface area contributed by atoms with Gasteiger partial charge in [-0.15, -0.1) is 0 Å². The zero-order valence-corrected chi connectivity index (χ0v) is 15.2. The molecule has 0 saturated heterocycles. The number of halogens is 1. The zero-order chi connectivity index (χ0) is 18.1. The Kier molecular flexibility index (Phi) is 4.31. The minimum Gasteiger partial charge on any atom is -0.467 e. The molecular formula is C20H17ClN4O. The van der Waals surface area contributed by atoms with Gasteiger partial charge in [-0.2, -0.15) is 15.0 Å². The third kappa shape index (κ3) is 3.02. The van der Waals surface area contributed by atoms with Crippen LogP contribution in [0.4, 0.5) is 5.95 Å². The van der Waals surface area contributed by atoms with Gasteiger partial charge in [0.05, 0.1) is 13.2 Å². The molecule has 5 nitrogen and oxygen atoms in total. The lowest BCUT2D eigenvalue weighted by atomic mass is 9.93. The molecule has 1 N–H and O–H groups in total. The number of ether oxygens (including phenoxy) is 1. The van der Waals surface area contributed by atoms with Crippen LogP contribution in [0.1, 0.15) is 18.5 Å². The van der Waals surface area contributed by atoms with Crippen molar-refractivity contribution in [3.8, 4) is 6.01 Å². The summed E-state index contributed by atoms with van der Waals surface area (Å²) in [5.74, 6) is 0.381. The van der Waals surface area contributed by atoms with Crippen molar-refractivity contribution in [1.29, 1.82) is 0 Å². The second-order valence-corrected chi connectivity index (χ2v) is 6.35. The summed E-state index contributed by atoms with van der Waals surface area (Å²) in [7, 11) is 1.50. The Morgan fingerprint density at radius 3 is 2.15 bits per heavy atom. The Balaban J connectivity index is 1.85. The van der Waals surface area contributed by atoms with Crippen molar-refractivity contribution in [3.05, 3.63) is 65.4 Å². The zero-order valence-electron chi connectivity index (χ0n) is 14.4. The molecule has 1 heterocycles. The van der Waals surface area contributed by atoms with Gasteiger partial charge in [0.2, 0.25) is 11.2 Å². The molecule has 0 fully saturated rings. The molecule has 0 amide bonds. The van der Waals surface area contributed by atoms with Crippen LogP contribution >= 0.6 is 11.6 Å². The summed E-state index contributed by atoms with van der Waals surface area (Å²) in [6.45, 7) is 2.08. The summed E-state index contributed by atoms with van der Waals surface area (Å²) in [6, 6.07) is 19.1. The first-order valence-corrected chi connectivity index (χ1v) is 8.66. The maximum absolute atomic E-state index is 5.97. The second kappa shape index (κ2) is 6.77. The monoisotopic (exact) mass is 364 g/mol. The number of anilines is 1. The van der Waals surface area contributed by atoms with Crippen molar-refractivity contribution in [3.63, 3.8) is 0 Å². The van der Waals surface area contributed by atoms with E-state index >= 15 is 0 Å². The van der Waals surface area contributed by atoms with Crippen molar-refractivity contribution in [1.82, 2.24) is 15.0 Å². The predicted molar refractivity (Wildman–Crippen MR) is 105 cm³/mol. The molecule has 0 radical (unpaired) electrons. The van der Waals surface area contributed by atoms with Crippen molar-refractivity contribution < 1.29 is 4.74 Å². The van der Waals surface area contributed by atoms with Crippen LogP contribution in [0.25, 0.3) is 21.5 Å². The molecule has 26 heavy (non-hydrogen) atoms. The number of nitrogens with one attached hydrogen (secondary N) is 1. The molecule has 0 aliphatic heterocycles. The van der Waals surface area contributed by atoms with Gasteiger partial charge in [0.25, 0.3) is 0 Å². The third-order valence-electron chi connectivity index (χ3n) is 4.36. The molecule has 0 aliphatic carbocycles. The highest BCUT2D eigenvalue weighted by Gasteiger charge is 2.16. The average Bonchev–Trinajstić information content (AvgIpc) is 2.65. The van der Waals surface area contributed by atoms with E-state index in [0.717, 1.165) is 0 Å². The van der Waals surface area contributed by atoms with Crippen LogP contribution in [0.5, 0.6) is 6.01 Å². The van der Waals surface area contributed by atoms with Gasteiger partial charge >= 0.3 is 6.01 Å². The fourth-order valence-electron chi connectivity index (χ4n) is 3.27. The van der Waals surface area contributed by atoms with E-state index in [4.69, 9.17) is 16.3 Å². The maximum atomic E-state index is 5.97. The SMILES string of the molecule is COc1nc(Cl)nc(NC(C)c2c3ccccc3cc3ccccc23)n1. The molecule has 3 aromatic carbocycles. The molecule has 4 aromatic rings. The third-order valence-corrected chi connectivity index (χ3v) is 4.53. The summed E-state index contributed by atoms with van der Waals surface area (Å²) in [5.41, 5.74) is 1.19. The molecule has 0 spiro atoms. The Bertz CT molecular complexity index is 1050. The summed E-state index contributed by atoms with van der Waals surface area (Å²) in [4.78, 5) is 12.3. The summed E-state index contributed by atoms with van der Waals surface area (Å²) in [5, 5.41) is 8.20. The number of rotatable bonds is 4. The van der Waals surface area contributed by atoms with Crippen molar-refractivity contribution in [2.45, 2.75) is 13.0 Å². The van der Waals surface area contributed by atoms with Gasteiger partial charge in [0.1, 0.15) is 0 Å². The predicted octanol–water partition coefficient (Wildman–Crippen LogP) is 5.01. The molecule has 130 valence electrons. The smallest absolute Gasteiger partial charge is 0.322 e. The van der Waals surface area contributed by atoms with E-state index in [1.165, 1.54) is 34.2 Å². The van der Waals surface area contributed by atoms with Crippen LogP contribution < -0.4 is 10.1 Å². The van der Waals surface area contributed by atoms with Crippen molar-refractivity contribution in [2.24, 2.45) is 0 Å². The van der Waals surface area contributed by atoms with E-state index in [0.29, 0.717) is 5.95 Å². The molecule has 0 aliphatic rings. The lowest BCUT2D eigenvalue weighted by Crippen LogP contribution is -2.11. The number of nitrogens with zero attached hydrogens (tertiary/aromatic N) is 3. The van der Waals surface area contributed by atoms with Gasteiger partial charge in [-0.05, 0) is 51.7 Å². The first-order chi connectivity index (χ1) is 12.7. The van der Waals surface area contributed by atoms with Gasteiger partial charge in [0, 0.05) is 0 Å². The lowest BCUT2D eigenvalue weighted by molar-refractivity contribution is 0.378. The summed E-state index contributed by atoms with van der Waals surface area (Å²) >= 11 is 5.97. The molecule has 4 rings (SSSR count). The second-order valence-electron chi connectivity index (χ2n) is 6.01. The van der Waals surface area contributed by atoms with Crippen LogP contribution in [0.2, 0.25) is 5.28 Å². The van der Waals surface area contributed by atoms with Crippen molar-refractivity contribution >= 4 is 39.1 Å². The van der Waals surface area contributed by atoms with E-state index in [1.807, 2.05) is 0 Å². The first-order valence-electron chi connectivity index (χ1n) is 8.28. The molecule has 1 atom stereocenters. The van der Waals surface area contributed by atoms with E-state index in [2.05, 4.69) is 81.8 Å². The fourth-order valence-corrected chi connectivity index (χ4v) is 3.42.